The quantitative estimate of drug-likeness (QED) is 0.420. The van der Waals surface area contributed by atoms with Crippen molar-refractivity contribution in [1.82, 2.24) is 0 Å². The molecule has 0 aromatic rings. The minimum Gasteiger partial charge on any atom is -0.130 e. The zero-order valence-electron chi connectivity index (χ0n) is 7.04. The molecule has 0 aromatic heterocycles. The SMILES string of the molecule is C.C.C=C=C(C)CC(=C)CCC. The van der Waals surface area contributed by atoms with Crippen LogP contribution in [0, 0.1) is 0 Å². The van der Waals surface area contributed by atoms with E-state index in [1.165, 1.54) is 17.6 Å². The van der Waals surface area contributed by atoms with Crippen molar-refractivity contribution in [3.63, 3.8) is 0 Å². The van der Waals surface area contributed by atoms with Crippen LogP contribution in [0.3, 0.4) is 0 Å². The molecule has 0 bridgehead atoms. The summed E-state index contributed by atoms with van der Waals surface area (Å²) in [7, 11) is 0. The summed E-state index contributed by atoms with van der Waals surface area (Å²) in [4.78, 5) is 0. The Morgan fingerprint density at radius 3 is 2.17 bits per heavy atom. The maximum absolute atomic E-state index is 3.94. The Kier molecular flexibility index (Phi) is 14.9. The molecule has 0 N–H and O–H groups in total. The van der Waals surface area contributed by atoms with Gasteiger partial charge in [-0.25, -0.2) is 0 Å². The lowest BCUT2D eigenvalue weighted by atomic mass is 10.1. The summed E-state index contributed by atoms with van der Waals surface area (Å²) in [6.45, 7) is 11.7. The van der Waals surface area contributed by atoms with Crippen molar-refractivity contribution in [2.45, 2.75) is 48.0 Å². The number of hydrogen-bond acceptors (Lipinski definition) is 0. The van der Waals surface area contributed by atoms with Gasteiger partial charge in [-0.1, -0.05) is 46.9 Å². The molecule has 0 rings (SSSR count). The molecule has 0 fully saturated rings. The van der Waals surface area contributed by atoms with Crippen LogP contribution in [0.4, 0.5) is 0 Å². The summed E-state index contributed by atoms with van der Waals surface area (Å²) in [5.41, 5.74) is 5.34. The van der Waals surface area contributed by atoms with Crippen molar-refractivity contribution in [1.29, 1.82) is 0 Å². The smallest absolute Gasteiger partial charge is 0.00379 e. The molecule has 0 aliphatic rings. The van der Waals surface area contributed by atoms with Gasteiger partial charge >= 0.3 is 0 Å². The van der Waals surface area contributed by atoms with Gasteiger partial charge in [0.25, 0.3) is 0 Å². The molecule has 0 heterocycles. The second-order valence-corrected chi connectivity index (χ2v) is 2.63. The van der Waals surface area contributed by atoms with Crippen LogP contribution in [0.1, 0.15) is 48.0 Å². The predicted molar refractivity (Wildman–Crippen MR) is 60.5 cm³/mol. The summed E-state index contributed by atoms with van der Waals surface area (Å²) >= 11 is 0. The molecule has 0 aromatic carbocycles. The van der Waals surface area contributed by atoms with Gasteiger partial charge in [0.15, 0.2) is 0 Å². The summed E-state index contributed by atoms with van der Waals surface area (Å²) in [5.74, 6) is 0. The van der Waals surface area contributed by atoms with Crippen LogP contribution in [0.2, 0.25) is 0 Å². The van der Waals surface area contributed by atoms with Gasteiger partial charge in [0.1, 0.15) is 0 Å². The predicted octanol–water partition coefficient (Wildman–Crippen LogP) is 4.74. The van der Waals surface area contributed by atoms with Crippen LogP contribution < -0.4 is 0 Å². The molecule has 0 spiro atoms. The normalized spacial score (nSPS) is 7.17. The second kappa shape index (κ2) is 10.3. The Morgan fingerprint density at radius 1 is 1.33 bits per heavy atom. The number of hydrogen-bond donors (Lipinski definition) is 0. The van der Waals surface area contributed by atoms with E-state index in [4.69, 9.17) is 0 Å². The lowest BCUT2D eigenvalue weighted by Gasteiger charge is -2.00. The fourth-order valence-electron chi connectivity index (χ4n) is 0.879. The third-order valence-corrected chi connectivity index (χ3v) is 1.42. The summed E-state index contributed by atoms with van der Waals surface area (Å²) < 4.78 is 0. The zero-order valence-corrected chi connectivity index (χ0v) is 7.04. The fraction of sp³-hybridized carbons (Fsp3) is 0.583. The first-order chi connectivity index (χ1) is 4.70. The Morgan fingerprint density at radius 2 is 1.83 bits per heavy atom. The van der Waals surface area contributed by atoms with Gasteiger partial charge in [-0.05, 0) is 25.3 Å². The zero-order chi connectivity index (χ0) is 7.98. The summed E-state index contributed by atoms with van der Waals surface area (Å²) in [6, 6.07) is 0. The highest BCUT2D eigenvalue weighted by Gasteiger charge is 1.92. The van der Waals surface area contributed by atoms with E-state index < -0.39 is 0 Å². The van der Waals surface area contributed by atoms with E-state index in [9.17, 15) is 0 Å². The first kappa shape index (κ1) is 17.4. The molecule has 0 saturated heterocycles. The van der Waals surface area contributed by atoms with Crippen LogP contribution in [0.5, 0.6) is 0 Å². The van der Waals surface area contributed by atoms with E-state index in [1.54, 1.807) is 0 Å². The molecule has 0 saturated carbocycles. The molecule has 0 aliphatic carbocycles. The van der Waals surface area contributed by atoms with Gasteiger partial charge in [-0.2, -0.15) is 0 Å². The van der Waals surface area contributed by atoms with Crippen molar-refractivity contribution < 1.29 is 0 Å². The molecule has 0 unspecified atom stereocenters. The molecule has 0 heteroatoms. The van der Waals surface area contributed by atoms with Crippen molar-refractivity contribution in [2.75, 3.05) is 0 Å². The molecule has 0 aliphatic heterocycles. The Bertz CT molecular complexity index is 157. The van der Waals surface area contributed by atoms with E-state index in [0.717, 1.165) is 12.8 Å². The van der Waals surface area contributed by atoms with Gasteiger partial charge in [-0.15, -0.1) is 5.73 Å². The Labute approximate surface area is 78.7 Å². The maximum atomic E-state index is 3.94. The molecule has 72 valence electrons. The molecule has 0 atom stereocenters. The highest BCUT2D eigenvalue weighted by atomic mass is 14.0. The third kappa shape index (κ3) is 9.26. The van der Waals surface area contributed by atoms with Crippen LogP contribution in [0.25, 0.3) is 0 Å². The molecule has 0 amide bonds. The Hall–Kier alpha value is -0.740. The van der Waals surface area contributed by atoms with Crippen LogP contribution in [0.15, 0.2) is 30.0 Å². The molecule has 0 radical (unpaired) electrons. The minimum atomic E-state index is 0. The molecular formula is C12H24. The second-order valence-electron chi connectivity index (χ2n) is 2.63. The summed E-state index contributed by atoms with van der Waals surface area (Å²) in [6.07, 6.45) is 3.28. The van der Waals surface area contributed by atoms with Crippen molar-refractivity contribution >= 4 is 0 Å². The van der Waals surface area contributed by atoms with Gasteiger partial charge < -0.3 is 0 Å². The highest BCUT2D eigenvalue weighted by molar-refractivity contribution is 5.08. The standard InChI is InChI=1S/C10H16.2CH4/c1-5-7-10(4)8-9(3)6-2;;/h2,4-5,7-8H2,1,3H3;2*1H4. The van der Waals surface area contributed by atoms with Crippen molar-refractivity contribution in [2.24, 2.45) is 0 Å². The van der Waals surface area contributed by atoms with Gasteiger partial charge in [0, 0.05) is 0 Å². The fourth-order valence-corrected chi connectivity index (χ4v) is 0.879. The summed E-state index contributed by atoms with van der Waals surface area (Å²) in [5, 5.41) is 0. The van der Waals surface area contributed by atoms with Gasteiger partial charge in [0.2, 0.25) is 0 Å². The van der Waals surface area contributed by atoms with Gasteiger partial charge in [-0.3, -0.25) is 0 Å². The maximum Gasteiger partial charge on any atom is -0.00379 e. The molecule has 12 heavy (non-hydrogen) atoms. The van der Waals surface area contributed by atoms with Crippen LogP contribution >= 0.6 is 0 Å². The topological polar surface area (TPSA) is 0 Å². The average molecular weight is 168 g/mol. The Balaban J connectivity index is -0.000000405. The van der Waals surface area contributed by atoms with Crippen molar-refractivity contribution in [3.05, 3.63) is 30.0 Å². The lowest BCUT2D eigenvalue weighted by Crippen LogP contribution is -1.81. The molecular weight excluding hydrogens is 144 g/mol. The number of allylic oxidation sites excluding steroid dienone is 2. The van der Waals surface area contributed by atoms with E-state index >= 15 is 0 Å². The number of rotatable bonds is 4. The van der Waals surface area contributed by atoms with E-state index in [1.807, 2.05) is 6.92 Å². The van der Waals surface area contributed by atoms with Crippen LogP contribution in [-0.2, 0) is 0 Å². The van der Waals surface area contributed by atoms with E-state index in [2.05, 4.69) is 25.8 Å². The van der Waals surface area contributed by atoms with E-state index in [-0.39, 0.29) is 14.9 Å². The van der Waals surface area contributed by atoms with E-state index in [0.29, 0.717) is 0 Å². The minimum absolute atomic E-state index is 0. The highest BCUT2D eigenvalue weighted by Crippen LogP contribution is 2.11. The van der Waals surface area contributed by atoms with Crippen molar-refractivity contribution in [3.8, 4) is 0 Å². The van der Waals surface area contributed by atoms with Gasteiger partial charge in [0.05, 0.1) is 0 Å². The average Bonchev–Trinajstić information content (AvgIpc) is 1.88. The van der Waals surface area contributed by atoms with Crippen LogP contribution in [-0.4, -0.2) is 0 Å². The monoisotopic (exact) mass is 168 g/mol. The molecule has 0 nitrogen and oxygen atoms in total. The lowest BCUT2D eigenvalue weighted by molar-refractivity contribution is 0.871. The third-order valence-electron chi connectivity index (χ3n) is 1.42. The largest absolute Gasteiger partial charge is 0.130 e. The first-order valence-corrected chi connectivity index (χ1v) is 3.72. The first-order valence-electron chi connectivity index (χ1n) is 3.72.